The molecule has 1 unspecified atom stereocenters. The third kappa shape index (κ3) is 4.05. The number of aryl methyl sites for hydroxylation is 2. The standard InChI is InChI=1S/C19H26N4O.2ClH/c1-12(18-13(2)21-22(4)14(18)3)19(24)23-10-16(17(20)11-23)15-8-6-5-7-9-15;;/h5-9,12,16-17H,10-11,20H2,1-4H3;2*1H/t12?,16-,17+;;/m0../s1. The molecule has 144 valence electrons. The van der Waals surface area contributed by atoms with Crippen LogP contribution in [0.4, 0.5) is 0 Å². The van der Waals surface area contributed by atoms with E-state index >= 15 is 0 Å². The van der Waals surface area contributed by atoms with E-state index in [1.165, 1.54) is 5.56 Å². The normalized spacial score (nSPS) is 20.3. The molecule has 3 rings (SSSR count). The van der Waals surface area contributed by atoms with Crippen LogP contribution in [0, 0.1) is 13.8 Å². The largest absolute Gasteiger partial charge is 0.340 e. The maximum Gasteiger partial charge on any atom is 0.230 e. The summed E-state index contributed by atoms with van der Waals surface area (Å²) in [5, 5.41) is 4.44. The molecule has 1 saturated heterocycles. The first-order valence-corrected chi connectivity index (χ1v) is 8.49. The molecule has 0 radical (unpaired) electrons. The first-order chi connectivity index (χ1) is 11.4. The Balaban J connectivity index is 0.00000169. The van der Waals surface area contributed by atoms with Crippen molar-refractivity contribution >= 4 is 30.7 Å². The number of aromatic nitrogens is 2. The van der Waals surface area contributed by atoms with Gasteiger partial charge in [0.15, 0.2) is 0 Å². The smallest absolute Gasteiger partial charge is 0.230 e. The molecule has 2 N–H and O–H groups in total. The van der Waals surface area contributed by atoms with Crippen LogP contribution in [0.25, 0.3) is 0 Å². The lowest BCUT2D eigenvalue weighted by atomic mass is 9.95. The molecule has 0 spiro atoms. The Morgan fingerprint density at radius 2 is 1.81 bits per heavy atom. The van der Waals surface area contributed by atoms with Crippen molar-refractivity contribution in [2.24, 2.45) is 12.8 Å². The molecule has 1 aliphatic heterocycles. The fourth-order valence-corrected chi connectivity index (χ4v) is 3.88. The molecular formula is C19H28Cl2N4O. The third-order valence-corrected chi connectivity index (χ3v) is 5.27. The van der Waals surface area contributed by atoms with Gasteiger partial charge in [-0.2, -0.15) is 5.10 Å². The molecule has 1 aromatic heterocycles. The Labute approximate surface area is 167 Å². The molecule has 2 heterocycles. The van der Waals surface area contributed by atoms with Crippen molar-refractivity contribution in [2.45, 2.75) is 38.6 Å². The van der Waals surface area contributed by atoms with E-state index in [9.17, 15) is 4.79 Å². The van der Waals surface area contributed by atoms with Crippen LogP contribution in [-0.2, 0) is 11.8 Å². The second kappa shape index (κ2) is 8.89. The van der Waals surface area contributed by atoms with E-state index < -0.39 is 0 Å². The summed E-state index contributed by atoms with van der Waals surface area (Å²) in [5.74, 6) is 0.155. The van der Waals surface area contributed by atoms with Gasteiger partial charge in [0, 0.05) is 43.4 Å². The highest BCUT2D eigenvalue weighted by Crippen LogP contribution is 2.30. The van der Waals surface area contributed by atoms with Crippen molar-refractivity contribution in [1.82, 2.24) is 14.7 Å². The molecule has 2 aromatic rings. The van der Waals surface area contributed by atoms with E-state index in [2.05, 4.69) is 17.2 Å². The molecule has 1 aliphatic rings. The highest BCUT2D eigenvalue weighted by molar-refractivity contribution is 5.86. The number of amides is 1. The summed E-state index contributed by atoms with van der Waals surface area (Å²) in [6, 6.07) is 10.2. The zero-order valence-corrected chi connectivity index (χ0v) is 17.3. The number of benzene rings is 1. The molecule has 26 heavy (non-hydrogen) atoms. The molecule has 7 heteroatoms. The lowest BCUT2D eigenvalue weighted by molar-refractivity contribution is -0.131. The van der Waals surface area contributed by atoms with E-state index in [1.54, 1.807) is 0 Å². The molecule has 1 fully saturated rings. The fourth-order valence-electron chi connectivity index (χ4n) is 3.88. The van der Waals surface area contributed by atoms with Crippen molar-refractivity contribution < 1.29 is 4.79 Å². The topological polar surface area (TPSA) is 64.2 Å². The predicted octanol–water partition coefficient (Wildman–Crippen LogP) is 2.94. The van der Waals surface area contributed by atoms with Crippen LogP contribution >= 0.6 is 24.8 Å². The molecule has 0 bridgehead atoms. The number of hydrogen-bond acceptors (Lipinski definition) is 3. The van der Waals surface area contributed by atoms with Gasteiger partial charge in [-0.25, -0.2) is 0 Å². The van der Waals surface area contributed by atoms with E-state index in [0.717, 1.165) is 17.0 Å². The average Bonchev–Trinajstić information content (AvgIpc) is 3.07. The van der Waals surface area contributed by atoms with Crippen molar-refractivity contribution in [2.75, 3.05) is 13.1 Å². The first kappa shape index (κ1) is 22.5. The summed E-state index contributed by atoms with van der Waals surface area (Å²) >= 11 is 0. The first-order valence-electron chi connectivity index (χ1n) is 8.49. The summed E-state index contributed by atoms with van der Waals surface area (Å²) in [5.41, 5.74) is 10.6. The number of nitrogens with zero attached hydrogens (tertiary/aromatic N) is 3. The highest BCUT2D eigenvalue weighted by atomic mass is 35.5. The van der Waals surface area contributed by atoms with Crippen LogP contribution in [0.2, 0.25) is 0 Å². The minimum absolute atomic E-state index is 0. The van der Waals surface area contributed by atoms with Crippen LogP contribution in [0.3, 0.4) is 0 Å². The Morgan fingerprint density at radius 3 is 2.35 bits per heavy atom. The summed E-state index contributed by atoms with van der Waals surface area (Å²) < 4.78 is 1.84. The number of nitrogens with two attached hydrogens (primary N) is 1. The van der Waals surface area contributed by atoms with Crippen LogP contribution in [0.1, 0.15) is 41.3 Å². The maximum absolute atomic E-state index is 13.0. The van der Waals surface area contributed by atoms with Gasteiger partial charge in [0.25, 0.3) is 0 Å². The van der Waals surface area contributed by atoms with Gasteiger partial charge >= 0.3 is 0 Å². The van der Waals surface area contributed by atoms with Gasteiger partial charge in [-0.05, 0) is 26.3 Å². The van der Waals surface area contributed by atoms with Gasteiger partial charge in [-0.15, -0.1) is 24.8 Å². The lowest BCUT2D eigenvalue weighted by Crippen LogP contribution is -2.35. The Kier molecular flexibility index (Phi) is 7.69. The minimum Gasteiger partial charge on any atom is -0.340 e. The summed E-state index contributed by atoms with van der Waals surface area (Å²) in [6.45, 7) is 7.25. The molecule has 5 nitrogen and oxygen atoms in total. The fraction of sp³-hybridized carbons (Fsp3) is 0.474. The third-order valence-electron chi connectivity index (χ3n) is 5.27. The zero-order valence-electron chi connectivity index (χ0n) is 15.7. The number of rotatable bonds is 3. The van der Waals surface area contributed by atoms with E-state index in [-0.39, 0.29) is 48.6 Å². The van der Waals surface area contributed by atoms with Gasteiger partial charge in [0.05, 0.1) is 11.6 Å². The number of halogens is 2. The average molecular weight is 399 g/mol. The van der Waals surface area contributed by atoms with Gasteiger partial charge < -0.3 is 10.6 Å². The highest BCUT2D eigenvalue weighted by Gasteiger charge is 2.36. The summed E-state index contributed by atoms with van der Waals surface area (Å²) in [7, 11) is 1.92. The molecular weight excluding hydrogens is 371 g/mol. The van der Waals surface area contributed by atoms with E-state index in [1.807, 2.05) is 55.6 Å². The predicted molar refractivity (Wildman–Crippen MR) is 109 cm³/mol. The lowest BCUT2D eigenvalue weighted by Gasteiger charge is -2.21. The maximum atomic E-state index is 13.0. The minimum atomic E-state index is -0.194. The zero-order chi connectivity index (χ0) is 17.4. The van der Waals surface area contributed by atoms with Gasteiger partial charge in [-0.1, -0.05) is 30.3 Å². The monoisotopic (exact) mass is 398 g/mol. The van der Waals surface area contributed by atoms with Crippen LogP contribution in [0.15, 0.2) is 30.3 Å². The SMILES string of the molecule is Cc1nn(C)c(C)c1C(C)C(=O)N1C[C@@H](N)[C@H](c2ccccc2)C1.Cl.Cl. The number of likely N-dealkylation sites (tertiary alicyclic amines) is 1. The molecule has 3 atom stereocenters. The Bertz CT molecular complexity index is 747. The van der Waals surface area contributed by atoms with Crippen molar-refractivity contribution in [3.8, 4) is 0 Å². The Morgan fingerprint density at radius 1 is 1.19 bits per heavy atom. The van der Waals surface area contributed by atoms with Crippen LogP contribution in [0.5, 0.6) is 0 Å². The van der Waals surface area contributed by atoms with Gasteiger partial charge in [0.2, 0.25) is 5.91 Å². The molecule has 0 saturated carbocycles. The van der Waals surface area contributed by atoms with E-state index in [4.69, 9.17) is 5.73 Å². The molecule has 1 aromatic carbocycles. The number of hydrogen-bond donors (Lipinski definition) is 1. The Hall–Kier alpha value is -1.56. The van der Waals surface area contributed by atoms with Crippen LogP contribution in [-0.4, -0.2) is 39.7 Å². The quantitative estimate of drug-likeness (QED) is 0.863. The van der Waals surface area contributed by atoms with Crippen molar-refractivity contribution in [3.63, 3.8) is 0 Å². The second-order valence-corrected chi connectivity index (χ2v) is 6.85. The van der Waals surface area contributed by atoms with E-state index in [0.29, 0.717) is 13.1 Å². The number of carbonyl (C=O) groups excluding carboxylic acids is 1. The number of carbonyl (C=O) groups is 1. The van der Waals surface area contributed by atoms with Crippen molar-refractivity contribution in [1.29, 1.82) is 0 Å². The summed E-state index contributed by atoms with van der Waals surface area (Å²) in [6.07, 6.45) is 0. The van der Waals surface area contributed by atoms with Gasteiger partial charge in [-0.3, -0.25) is 9.48 Å². The van der Waals surface area contributed by atoms with Gasteiger partial charge in [0.1, 0.15) is 0 Å². The molecule has 0 aliphatic carbocycles. The van der Waals surface area contributed by atoms with Crippen LogP contribution < -0.4 is 5.73 Å². The molecule has 1 amide bonds. The second-order valence-electron chi connectivity index (χ2n) is 6.85. The van der Waals surface area contributed by atoms with Crippen molar-refractivity contribution in [3.05, 3.63) is 52.8 Å². The summed E-state index contributed by atoms with van der Waals surface area (Å²) in [4.78, 5) is 14.9.